The van der Waals surface area contributed by atoms with Crippen LogP contribution >= 0.6 is 0 Å². The van der Waals surface area contributed by atoms with Gasteiger partial charge in [0.2, 0.25) is 0 Å². The standard InChI is InChI=1S/C22H24N4O2/c1-5-25(22(27)24-3)16-9-7-8-15(12-16)21-19(14-23)18-11-10-17(28-4)13-20(18)26(21)6-2/h7-13H,5-6H2,1-4H3,(H,24,27). The minimum Gasteiger partial charge on any atom is -0.497 e. The van der Waals surface area contributed by atoms with Gasteiger partial charge in [-0.15, -0.1) is 0 Å². The maximum atomic E-state index is 12.2. The molecule has 6 heteroatoms. The van der Waals surface area contributed by atoms with Gasteiger partial charge in [-0.1, -0.05) is 12.1 Å². The first kappa shape index (κ1) is 19.3. The Balaban J connectivity index is 2.25. The number of anilines is 1. The topological polar surface area (TPSA) is 70.3 Å². The van der Waals surface area contributed by atoms with E-state index in [0.29, 0.717) is 18.7 Å². The minimum absolute atomic E-state index is 0.166. The Morgan fingerprint density at radius 2 is 2.04 bits per heavy atom. The van der Waals surface area contributed by atoms with Crippen LogP contribution < -0.4 is 15.0 Å². The summed E-state index contributed by atoms with van der Waals surface area (Å²) in [6.07, 6.45) is 0. The van der Waals surface area contributed by atoms with Gasteiger partial charge in [0.25, 0.3) is 0 Å². The smallest absolute Gasteiger partial charge is 0.321 e. The lowest BCUT2D eigenvalue weighted by molar-refractivity contribution is 0.248. The summed E-state index contributed by atoms with van der Waals surface area (Å²) >= 11 is 0. The lowest BCUT2D eigenvalue weighted by Gasteiger charge is -2.21. The van der Waals surface area contributed by atoms with E-state index >= 15 is 0 Å². The molecule has 0 aliphatic carbocycles. The Labute approximate surface area is 164 Å². The summed E-state index contributed by atoms with van der Waals surface area (Å²) in [7, 11) is 3.25. The van der Waals surface area contributed by atoms with Crippen LogP contribution in [0, 0.1) is 11.3 Å². The number of nitriles is 1. The van der Waals surface area contributed by atoms with Gasteiger partial charge in [-0.2, -0.15) is 5.26 Å². The average Bonchev–Trinajstić information content (AvgIpc) is 3.06. The molecule has 6 nitrogen and oxygen atoms in total. The molecule has 0 atom stereocenters. The molecule has 2 amide bonds. The molecule has 3 aromatic rings. The highest BCUT2D eigenvalue weighted by molar-refractivity contribution is 5.97. The van der Waals surface area contributed by atoms with E-state index in [1.807, 2.05) is 49.4 Å². The fraction of sp³-hybridized carbons (Fsp3) is 0.273. The van der Waals surface area contributed by atoms with Crippen LogP contribution in [-0.2, 0) is 6.54 Å². The molecule has 28 heavy (non-hydrogen) atoms. The molecule has 0 spiro atoms. The fourth-order valence-electron chi connectivity index (χ4n) is 3.60. The maximum Gasteiger partial charge on any atom is 0.321 e. The molecule has 0 aliphatic rings. The van der Waals surface area contributed by atoms with Crippen LogP contribution in [0.4, 0.5) is 10.5 Å². The number of methoxy groups -OCH3 is 1. The summed E-state index contributed by atoms with van der Waals surface area (Å²) in [6.45, 7) is 5.23. The summed E-state index contributed by atoms with van der Waals surface area (Å²) in [5.74, 6) is 0.751. The van der Waals surface area contributed by atoms with Crippen molar-refractivity contribution in [3.8, 4) is 23.1 Å². The van der Waals surface area contributed by atoms with Gasteiger partial charge in [0.05, 0.1) is 23.9 Å². The van der Waals surface area contributed by atoms with E-state index in [-0.39, 0.29) is 6.03 Å². The Morgan fingerprint density at radius 1 is 1.25 bits per heavy atom. The van der Waals surface area contributed by atoms with Gasteiger partial charge in [-0.3, -0.25) is 4.90 Å². The van der Waals surface area contributed by atoms with Crippen molar-refractivity contribution in [2.45, 2.75) is 20.4 Å². The summed E-state index contributed by atoms with van der Waals surface area (Å²) in [5.41, 5.74) is 4.11. The van der Waals surface area contributed by atoms with Gasteiger partial charge in [0, 0.05) is 42.8 Å². The molecule has 0 saturated heterocycles. The number of aryl methyl sites for hydroxylation is 1. The number of hydrogen-bond acceptors (Lipinski definition) is 3. The third-order valence-corrected chi connectivity index (χ3v) is 4.91. The number of fused-ring (bicyclic) bond motifs is 1. The minimum atomic E-state index is -0.166. The molecule has 1 heterocycles. The van der Waals surface area contributed by atoms with E-state index in [4.69, 9.17) is 4.74 Å². The van der Waals surface area contributed by atoms with Gasteiger partial charge in [0.1, 0.15) is 11.8 Å². The summed E-state index contributed by atoms with van der Waals surface area (Å²) in [6, 6.07) is 15.7. The molecule has 0 aliphatic heterocycles. The van der Waals surface area contributed by atoms with Crippen molar-refractivity contribution in [1.29, 1.82) is 5.26 Å². The molecule has 144 valence electrons. The predicted octanol–water partition coefficient (Wildman–Crippen LogP) is 4.37. The van der Waals surface area contributed by atoms with Gasteiger partial charge in [-0.25, -0.2) is 4.79 Å². The molecule has 2 aromatic carbocycles. The molecule has 0 unspecified atom stereocenters. The lowest BCUT2D eigenvalue weighted by atomic mass is 10.0. The number of aromatic nitrogens is 1. The quantitative estimate of drug-likeness (QED) is 0.719. The highest BCUT2D eigenvalue weighted by Gasteiger charge is 2.20. The van der Waals surface area contributed by atoms with E-state index in [9.17, 15) is 10.1 Å². The predicted molar refractivity (Wildman–Crippen MR) is 112 cm³/mol. The van der Waals surface area contributed by atoms with E-state index < -0.39 is 0 Å². The first-order valence-corrected chi connectivity index (χ1v) is 9.29. The highest BCUT2D eigenvalue weighted by atomic mass is 16.5. The van der Waals surface area contributed by atoms with Crippen LogP contribution in [-0.4, -0.2) is 31.3 Å². The van der Waals surface area contributed by atoms with Crippen LogP contribution in [0.1, 0.15) is 19.4 Å². The zero-order valence-electron chi connectivity index (χ0n) is 16.6. The van der Waals surface area contributed by atoms with E-state index in [0.717, 1.165) is 33.6 Å². The number of rotatable bonds is 5. The van der Waals surface area contributed by atoms with Crippen molar-refractivity contribution in [1.82, 2.24) is 9.88 Å². The molecule has 0 saturated carbocycles. The first-order chi connectivity index (χ1) is 13.6. The second-order valence-corrected chi connectivity index (χ2v) is 6.31. The zero-order valence-corrected chi connectivity index (χ0v) is 16.6. The number of nitrogens with one attached hydrogen (secondary N) is 1. The zero-order chi connectivity index (χ0) is 20.3. The van der Waals surface area contributed by atoms with Crippen molar-refractivity contribution in [2.75, 3.05) is 25.6 Å². The average molecular weight is 376 g/mol. The summed E-state index contributed by atoms with van der Waals surface area (Å²) < 4.78 is 7.48. The van der Waals surface area contributed by atoms with E-state index in [1.54, 1.807) is 19.1 Å². The highest BCUT2D eigenvalue weighted by Crippen LogP contribution is 2.36. The molecule has 0 bridgehead atoms. The number of ether oxygens (including phenoxy) is 1. The monoisotopic (exact) mass is 376 g/mol. The molecule has 0 fully saturated rings. The van der Waals surface area contributed by atoms with E-state index in [2.05, 4.69) is 22.9 Å². The number of hydrogen-bond donors (Lipinski definition) is 1. The summed E-state index contributed by atoms with van der Waals surface area (Å²) in [4.78, 5) is 13.9. The summed E-state index contributed by atoms with van der Waals surface area (Å²) in [5, 5.41) is 13.5. The van der Waals surface area contributed by atoms with Crippen molar-refractivity contribution in [3.05, 3.63) is 48.0 Å². The van der Waals surface area contributed by atoms with E-state index in [1.165, 1.54) is 0 Å². The first-order valence-electron chi connectivity index (χ1n) is 9.29. The molecular formula is C22H24N4O2. The van der Waals surface area contributed by atoms with Gasteiger partial charge in [0.15, 0.2) is 0 Å². The van der Waals surface area contributed by atoms with Gasteiger partial charge >= 0.3 is 6.03 Å². The van der Waals surface area contributed by atoms with Crippen LogP contribution in [0.25, 0.3) is 22.2 Å². The number of benzene rings is 2. The van der Waals surface area contributed by atoms with Gasteiger partial charge in [-0.05, 0) is 38.1 Å². The lowest BCUT2D eigenvalue weighted by Crippen LogP contribution is -2.37. The van der Waals surface area contributed by atoms with Gasteiger partial charge < -0.3 is 14.6 Å². The Bertz CT molecular complexity index is 1060. The van der Waals surface area contributed by atoms with Crippen molar-refractivity contribution < 1.29 is 9.53 Å². The molecular weight excluding hydrogens is 352 g/mol. The second kappa shape index (κ2) is 8.05. The molecule has 1 aromatic heterocycles. The number of nitrogens with zero attached hydrogens (tertiary/aromatic N) is 3. The molecule has 1 N–H and O–H groups in total. The molecule has 0 radical (unpaired) electrons. The van der Waals surface area contributed by atoms with Crippen molar-refractivity contribution >= 4 is 22.6 Å². The van der Waals surface area contributed by atoms with Crippen LogP contribution in [0.5, 0.6) is 5.75 Å². The Hall–Kier alpha value is -3.46. The third-order valence-electron chi connectivity index (χ3n) is 4.91. The number of amides is 2. The number of carbonyl (C=O) groups is 1. The number of carbonyl (C=O) groups excluding carboxylic acids is 1. The SMILES string of the molecule is CCN(C(=O)NC)c1cccc(-c2c(C#N)c3ccc(OC)cc3n2CC)c1. The Kier molecular flexibility index (Phi) is 5.55. The fourth-order valence-corrected chi connectivity index (χ4v) is 3.60. The third kappa shape index (κ3) is 3.16. The second-order valence-electron chi connectivity index (χ2n) is 6.31. The van der Waals surface area contributed by atoms with Crippen LogP contribution in [0.15, 0.2) is 42.5 Å². The maximum absolute atomic E-state index is 12.2. The van der Waals surface area contributed by atoms with Crippen LogP contribution in [0.3, 0.4) is 0 Å². The number of urea groups is 1. The van der Waals surface area contributed by atoms with Crippen molar-refractivity contribution in [3.63, 3.8) is 0 Å². The van der Waals surface area contributed by atoms with Crippen molar-refractivity contribution in [2.24, 2.45) is 0 Å². The molecule has 3 rings (SSSR count). The van der Waals surface area contributed by atoms with Crippen LogP contribution in [0.2, 0.25) is 0 Å². The Morgan fingerprint density at radius 3 is 2.64 bits per heavy atom. The largest absolute Gasteiger partial charge is 0.497 e. The normalized spacial score (nSPS) is 10.5.